The number of carbonyl (C=O) groups is 4. The molecule has 0 fully saturated rings. The molecule has 0 rings (SSSR count). The maximum Gasteiger partial charge on any atom is 0.239 e. The molecule has 6 heteroatoms. The van der Waals surface area contributed by atoms with Crippen molar-refractivity contribution < 1.29 is 19.2 Å². The van der Waals surface area contributed by atoms with Gasteiger partial charge in [-0.3, -0.25) is 24.1 Å². The highest BCUT2D eigenvalue weighted by molar-refractivity contribution is 6.11. The molecular formula is C70H136N2O4. The Bertz CT molecular complexity index is 1150. The van der Waals surface area contributed by atoms with Gasteiger partial charge < -0.3 is 5.73 Å². The maximum atomic E-state index is 14.7. The number of rotatable bonds is 64. The van der Waals surface area contributed by atoms with E-state index in [1.807, 2.05) is 0 Å². The minimum absolute atomic E-state index is 0.0146. The number of nitrogens with two attached hydrogens (primary N) is 1. The fourth-order valence-electron chi connectivity index (χ4n) is 11.7. The first-order valence-corrected chi connectivity index (χ1v) is 35.0. The lowest BCUT2D eigenvalue weighted by Gasteiger charge is -2.28. The van der Waals surface area contributed by atoms with Gasteiger partial charge in [-0.05, 0) is 25.7 Å². The summed E-state index contributed by atoms with van der Waals surface area (Å²) < 4.78 is 0. The Balaban J connectivity index is 5.56. The van der Waals surface area contributed by atoms with E-state index < -0.39 is 11.8 Å². The van der Waals surface area contributed by atoms with Crippen LogP contribution >= 0.6 is 0 Å². The molecule has 0 spiro atoms. The van der Waals surface area contributed by atoms with E-state index in [1.54, 1.807) is 0 Å². The monoisotopic (exact) mass is 1070 g/mol. The third-order valence-electron chi connectivity index (χ3n) is 17.0. The number of amides is 2. The summed E-state index contributed by atoms with van der Waals surface area (Å²) in [6.45, 7) is 9.31. The number of carbonyl (C=O) groups excluding carboxylic acids is 4. The molecule has 0 saturated carbocycles. The van der Waals surface area contributed by atoms with Gasteiger partial charge in [0.2, 0.25) is 11.8 Å². The van der Waals surface area contributed by atoms with Crippen molar-refractivity contribution >= 4 is 23.4 Å². The molecule has 2 atom stereocenters. The van der Waals surface area contributed by atoms with Crippen LogP contribution in [-0.2, 0) is 19.2 Å². The largest absolute Gasteiger partial charge is 0.329 e. The molecule has 0 aliphatic carbocycles. The zero-order valence-electron chi connectivity index (χ0n) is 52.2. The first kappa shape index (κ1) is 74.4. The van der Waals surface area contributed by atoms with Crippen molar-refractivity contribution in [1.82, 2.24) is 4.90 Å². The van der Waals surface area contributed by atoms with Gasteiger partial charge in [-0.2, -0.15) is 0 Å². The molecule has 0 aliphatic rings. The summed E-state index contributed by atoms with van der Waals surface area (Å²) in [5.74, 6) is -2.46. The topological polar surface area (TPSA) is 97.5 Å². The van der Waals surface area contributed by atoms with Crippen molar-refractivity contribution in [3.05, 3.63) is 0 Å². The van der Waals surface area contributed by atoms with Crippen molar-refractivity contribution in [1.29, 1.82) is 0 Å². The highest BCUT2D eigenvalue weighted by Crippen LogP contribution is 2.25. The second-order valence-electron chi connectivity index (χ2n) is 24.4. The smallest absolute Gasteiger partial charge is 0.239 e. The van der Waals surface area contributed by atoms with Gasteiger partial charge in [0.1, 0.15) is 11.6 Å². The summed E-state index contributed by atoms with van der Waals surface area (Å²) in [4.78, 5) is 59.2. The van der Waals surface area contributed by atoms with E-state index >= 15 is 0 Å². The first-order chi connectivity index (χ1) is 37.4. The SMILES string of the molecule is CCCCCCCCCCCCCCCCCC(=O)C(CCCCCCCCCCCCCC)C(=O)N(CCN)C(=O)C(CCCCCCCCCCCCCC)C(=O)CCCCCCCCCCCCCCCCC. The Morgan fingerprint density at radius 3 is 0.618 bits per heavy atom. The molecule has 0 heterocycles. The van der Waals surface area contributed by atoms with Crippen molar-refractivity contribution in [3.8, 4) is 0 Å². The van der Waals surface area contributed by atoms with Crippen LogP contribution in [0, 0.1) is 11.8 Å². The number of unbranched alkanes of at least 4 members (excludes halogenated alkanes) is 50. The lowest BCUT2D eigenvalue weighted by atomic mass is 9.89. The molecular weight excluding hydrogens is 933 g/mol. The lowest BCUT2D eigenvalue weighted by Crippen LogP contribution is -2.49. The van der Waals surface area contributed by atoms with Crippen molar-refractivity contribution in [2.24, 2.45) is 17.6 Å². The average Bonchev–Trinajstić information content (AvgIpc) is 3.42. The van der Waals surface area contributed by atoms with Gasteiger partial charge in [0.05, 0.1) is 11.8 Å². The van der Waals surface area contributed by atoms with Crippen molar-refractivity contribution in [2.45, 2.75) is 400 Å². The Morgan fingerprint density at radius 1 is 0.263 bits per heavy atom. The van der Waals surface area contributed by atoms with Gasteiger partial charge in [-0.15, -0.1) is 0 Å². The van der Waals surface area contributed by atoms with Crippen molar-refractivity contribution in [3.63, 3.8) is 0 Å². The lowest BCUT2D eigenvalue weighted by molar-refractivity contribution is -0.153. The van der Waals surface area contributed by atoms with E-state index in [0.29, 0.717) is 25.7 Å². The summed E-state index contributed by atoms with van der Waals surface area (Å²) >= 11 is 0. The van der Waals surface area contributed by atoms with Gasteiger partial charge in [0.15, 0.2) is 0 Å². The van der Waals surface area contributed by atoms with Crippen molar-refractivity contribution in [2.75, 3.05) is 13.1 Å². The van der Waals surface area contributed by atoms with Crippen LogP contribution < -0.4 is 5.73 Å². The number of hydrogen-bond donors (Lipinski definition) is 1. The molecule has 2 amide bonds. The summed E-state index contributed by atoms with van der Waals surface area (Å²) in [6, 6.07) is 0. The normalized spacial score (nSPS) is 12.4. The summed E-state index contributed by atoms with van der Waals surface area (Å²) in [7, 11) is 0. The molecule has 0 radical (unpaired) electrons. The van der Waals surface area contributed by atoms with E-state index in [-0.39, 0.29) is 36.5 Å². The highest BCUT2D eigenvalue weighted by Gasteiger charge is 2.37. The molecule has 0 bridgehead atoms. The highest BCUT2D eigenvalue weighted by atomic mass is 16.2. The van der Waals surface area contributed by atoms with Crippen LogP contribution in [0.4, 0.5) is 0 Å². The molecule has 2 unspecified atom stereocenters. The van der Waals surface area contributed by atoms with Gasteiger partial charge in [-0.25, -0.2) is 0 Å². The van der Waals surface area contributed by atoms with E-state index in [9.17, 15) is 19.2 Å². The molecule has 450 valence electrons. The second-order valence-corrected chi connectivity index (χ2v) is 24.4. The molecule has 0 aromatic rings. The Kier molecular flexibility index (Phi) is 59.8. The molecule has 0 aromatic heterocycles. The van der Waals surface area contributed by atoms with Crippen LogP contribution in [0.5, 0.6) is 0 Å². The minimum Gasteiger partial charge on any atom is -0.329 e. The quantitative estimate of drug-likeness (QED) is 0.0483. The Morgan fingerprint density at radius 2 is 0.434 bits per heavy atom. The maximum absolute atomic E-state index is 14.7. The second kappa shape index (κ2) is 61.1. The zero-order chi connectivity index (χ0) is 55.5. The van der Waals surface area contributed by atoms with E-state index in [1.165, 1.54) is 275 Å². The first-order valence-electron chi connectivity index (χ1n) is 35.0. The number of nitrogens with zero attached hydrogens (tertiary/aromatic N) is 1. The molecule has 0 aromatic carbocycles. The van der Waals surface area contributed by atoms with E-state index in [4.69, 9.17) is 5.73 Å². The summed E-state index contributed by atoms with van der Waals surface area (Å²) in [5, 5.41) is 0. The van der Waals surface area contributed by atoms with Crippen LogP contribution in [0.15, 0.2) is 0 Å². The van der Waals surface area contributed by atoms with Gasteiger partial charge in [0.25, 0.3) is 0 Å². The predicted octanol–water partition coefficient (Wildman–Crippen LogP) is 22.4. The Labute approximate surface area is 476 Å². The summed E-state index contributed by atoms with van der Waals surface area (Å²) in [6.07, 6.45) is 69.1. The van der Waals surface area contributed by atoms with Crippen LogP contribution in [0.1, 0.15) is 400 Å². The van der Waals surface area contributed by atoms with E-state index in [2.05, 4.69) is 27.7 Å². The number of hydrogen-bond acceptors (Lipinski definition) is 5. The number of ketones is 2. The third-order valence-corrected chi connectivity index (χ3v) is 17.0. The zero-order valence-corrected chi connectivity index (χ0v) is 52.2. The van der Waals surface area contributed by atoms with Crippen LogP contribution in [0.2, 0.25) is 0 Å². The molecule has 2 N–H and O–H groups in total. The van der Waals surface area contributed by atoms with Gasteiger partial charge in [-0.1, -0.05) is 362 Å². The van der Waals surface area contributed by atoms with E-state index in [0.717, 1.165) is 77.0 Å². The van der Waals surface area contributed by atoms with Crippen LogP contribution in [0.25, 0.3) is 0 Å². The summed E-state index contributed by atoms with van der Waals surface area (Å²) in [5.41, 5.74) is 6.18. The Hall–Kier alpha value is -1.56. The molecule has 0 aliphatic heterocycles. The fourth-order valence-corrected chi connectivity index (χ4v) is 11.7. The number of Topliss-reactive ketones (excluding diaryl/α,β-unsaturated/α-hetero) is 2. The van der Waals surface area contributed by atoms with Crippen LogP contribution in [-0.4, -0.2) is 41.4 Å². The van der Waals surface area contributed by atoms with Gasteiger partial charge in [0, 0.05) is 25.9 Å². The van der Waals surface area contributed by atoms with Crippen LogP contribution in [0.3, 0.4) is 0 Å². The fraction of sp³-hybridized carbons (Fsp3) is 0.943. The molecule has 0 saturated heterocycles. The minimum atomic E-state index is -0.830. The third kappa shape index (κ3) is 48.4. The molecule has 6 nitrogen and oxygen atoms in total. The molecule has 76 heavy (non-hydrogen) atoms. The van der Waals surface area contributed by atoms with Gasteiger partial charge >= 0.3 is 0 Å². The number of imide groups is 1. The predicted molar refractivity (Wildman–Crippen MR) is 333 cm³/mol. The standard InChI is InChI=1S/C70H136N2O4/c1-5-9-13-17-21-25-29-33-35-37-41-45-49-53-57-61-67(73)65(59-55-51-47-43-39-31-27-23-19-15-11-7-3)69(75)72(64-63-71)70(76)66(60-56-52-48-44-40-32-28-24-20-16-12-8-4)68(74)62-58-54-50-46-42-38-36-34-30-26-22-18-14-10-6-2/h65-66H,5-64,71H2,1-4H3. The average molecular weight is 1070 g/mol.